The molecule has 9 heteroatoms. The molecule has 0 atom stereocenters. The van der Waals surface area contributed by atoms with Crippen molar-refractivity contribution < 1.29 is 18.7 Å². The molecule has 0 aliphatic heterocycles. The number of rotatable bonds is 9. The van der Waals surface area contributed by atoms with Crippen LogP contribution in [-0.4, -0.2) is 36.1 Å². The van der Waals surface area contributed by atoms with Crippen LogP contribution in [0, 0.1) is 0 Å². The largest absolute Gasteiger partial charge is 0.497 e. The third-order valence-electron chi connectivity index (χ3n) is 3.79. The summed E-state index contributed by atoms with van der Waals surface area (Å²) in [6.45, 7) is 2.10. The first kappa shape index (κ1) is 20.2. The Morgan fingerprint density at radius 3 is 2.82 bits per heavy atom. The molecule has 0 saturated carbocycles. The van der Waals surface area contributed by atoms with Crippen molar-refractivity contribution in [1.29, 1.82) is 0 Å². The van der Waals surface area contributed by atoms with Crippen LogP contribution < -0.4 is 14.8 Å². The molecule has 0 aliphatic rings. The predicted molar refractivity (Wildman–Crippen MR) is 110 cm³/mol. The quantitative estimate of drug-likeness (QED) is 0.404. The molecule has 1 amide bonds. The van der Waals surface area contributed by atoms with Crippen LogP contribution in [-0.2, 0) is 6.42 Å². The number of hydrogen-bond donors (Lipinski definition) is 1. The first-order chi connectivity index (χ1) is 13.6. The Bertz CT molecular complexity index is 939. The van der Waals surface area contributed by atoms with Crippen molar-refractivity contribution in [2.24, 2.45) is 0 Å². The number of hydrogen-bond acceptors (Lipinski definition) is 8. The van der Waals surface area contributed by atoms with E-state index >= 15 is 0 Å². The molecule has 3 aromatic rings. The van der Waals surface area contributed by atoms with E-state index in [1.54, 1.807) is 38.1 Å². The van der Waals surface area contributed by atoms with E-state index in [0.29, 0.717) is 17.3 Å². The van der Waals surface area contributed by atoms with Gasteiger partial charge in [-0.3, -0.25) is 10.1 Å². The Morgan fingerprint density at radius 2 is 2.07 bits per heavy atom. The first-order valence-electron chi connectivity index (χ1n) is 8.70. The Hall–Kier alpha value is -2.52. The van der Waals surface area contributed by atoms with Crippen LogP contribution in [0.15, 0.2) is 39.1 Å². The number of anilines is 1. The zero-order chi connectivity index (χ0) is 19.9. The standard InChI is InChI=1S/C19H21N3O4S2/c1-4-9-27-19-22-21-18(28-19)20-17(23)16-8-6-14(26-16)11-12-10-13(24-2)5-7-15(12)25-3/h5-8,10H,4,9,11H2,1-3H3,(H,20,21,23). The summed E-state index contributed by atoms with van der Waals surface area (Å²) < 4.78 is 17.2. The second kappa shape index (κ2) is 9.61. The molecule has 1 aromatic carbocycles. The summed E-state index contributed by atoms with van der Waals surface area (Å²) >= 11 is 2.97. The van der Waals surface area contributed by atoms with E-state index in [1.807, 2.05) is 18.2 Å². The van der Waals surface area contributed by atoms with Crippen LogP contribution in [0.25, 0.3) is 0 Å². The maximum Gasteiger partial charge on any atom is 0.293 e. The number of benzene rings is 1. The minimum Gasteiger partial charge on any atom is -0.497 e. The van der Waals surface area contributed by atoms with Gasteiger partial charge >= 0.3 is 0 Å². The van der Waals surface area contributed by atoms with Gasteiger partial charge < -0.3 is 13.9 Å². The number of amides is 1. The van der Waals surface area contributed by atoms with Crippen LogP contribution in [0.3, 0.4) is 0 Å². The predicted octanol–water partition coefficient (Wildman–Crippen LogP) is 4.49. The summed E-state index contributed by atoms with van der Waals surface area (Å²) in [7, 11) is 3.22. The highest BCUT2D eigenvalue weighted by Gasteiger charge is 2.16. The summed E-state index contributed by atoms with van der Waals surface area (Å²) in [5.41, 5.74) is 0.907. The average Bonchev–Trinajstić information content (AvgIpc) is 3.36. The molecule has 7 nitrogen and oxygen atoms in total. The third kappa shape index (κ3) is 5.05. The van der Waals surface area contributed by atoms with E-state index in [2.05, 4.69) is 22.4 Å². The molecule has 1 N–H and O–H groups in total. The van der Waals surface area contributed by atoms with Crippen molar-refractivity contribution in [3.8, 4) is 11.5 Å². The topological polar surface area (TPSA) is 86.5 Å². The molecule has 28 heavy (non-hydrogen) atoms. The van der Waals surface area contributed by atoms with E-state index in [4.69, 9.17) is 13.9 Å². The normalized spacial score (nSPS) is 10.7. The van der Waals surface area contributed by atoms with Crippen LogP contribution in [0.1, 0.15) is 35.2 Å². The van der Waals surface area contributed by atoms with Gasteiger partial charge in [-0.15, -0.1) is 10.2 Å². The van der Waals surface area contributed by atoms with Gasteiger partial charge in [0.05, 0.1) is 14.2 Å². The third-order valence-corrected chi connectivity index (χ3v) is 5.97. The molecular weight excluding hydrogens is 398 g/mol. The van der Waals surface area contributed by atoms with Gasteiger partial charge in [0.25, 0.3) is 5.91 Å². The van der Waals surface area contributed by atoms with Crippen molar-refractivity contribution in [1.82, 2.24) is 10.2 Å². The van der Waals surface area contributed by atoms with E-state index in [1.165, 1.54) is 11.3 Å². The van der Waals surface area contributed by atoms with Crippen LogP contribution in [0.2, 0.25) is 0 Å². The summed E-state index contributed by atoms with van der Waals surface area (Å²) in [4.78, 5) is 12.4. The van der Waals surface area contributed by atoms with Gasteiger partial charge in [0, 0.05) is 17.7 Å². The van der Waals surface area contributed by atoms with Gasteiger partial charge in [0.1, 0.15) is 17.3 Å². The fourth-order valence-electron chi connectivity index (χ4n) is 2.47. The van der Waals surface area contributed by atoms with Gasteiger partial charge in [-0.1, -0.05) is 30.0 Å². The second-order valence-corrected chi connectivity index (χ2v) is 8.12. The zero-order valence-electron chi connectivity index (χ0n) is 15.9. The number of furan rings is 1. The number of aromatic nitrogens is 2. The van der Waals surface area contributed by atoms with Gasteiger partial charge in [0.2, 0.25) is 5.13 Å². The van der Waals surface area contributed by atoms with Crippen molar-refractivity contribution in [2.45, 2.75) is 24.1 Å². The molecule has 0 bridgehead atoms. The number of carbonyl (C=O) groups is 1. The number of carbonyl (C=O) groups excluding carboxylic acids is 1. The Balaban J connectivity index is 1.66. The summed E-state index contributed by atoms with van der Waals surface area (Å²) in [5.74, 6) is 2.94. The van der Waals surface area contributed by atoms with E-state index < -0.39 is 0 Å². The second-order valence-electron chi connectivity index (χ2n) is 5.80. The molecule has 148 valence electrons. The lowest BCUT2D eigenvalue weighted by Crippen LogP contribution is -2.10. The van der Waals surface area contributed by atoms with Crippen LogP contribution >= 0.6 is 23.1 Å². The maximum atomic E-state index is 12.4. The summed E-state index contributed by atoms with van der Waals surface area (Å²) in [6.07, 6.45) is 1.53. The molecular formula is C19H21N3O4S2. The monoisotopic (exact) mass is 419 g/mol. The minimum absolute atomic E-state index is 0.217. The van der Waals surface area contributed by atoms with Crippen molar-refractivity contribution in [3.63, 3.8) is 0 Å². The van der Waals surface area contributed by atoms with Gasteiger partial charge in [0.15, 0.2) is 10.1 Å². The van der Waals surface area contributed by atoms with Gasteiger partial charge in [-0.25, -0.2) is 0 Å². The Morgan fingerprint density at radius 1 is 1.21 bits per heavy atom. The number of ether oxygens (including phenoxy) is 2. The van der Waals surface area contributed by atoms with E-state index in [-0.39, 0.29) is 11.7 Å². The van der Waals surface area contributed by atoms with Crippen LogP contribution in [0.5, 0.6) is 11.5 Å². The summed E-state index contributed by atoms with van der Waals surface area (Å²) in [6, 6.07) is 8.98. The zero-order valence-corrected chi connectivity index (χ0v) is 17.5. The highest BCUT2D eigenvalue weighted by atomic mass is 32.2. The lowest BCUT2D eigenvalue weighted by molar-refractivity contribution is 0.0995. The molecule has 2 aromatic heterocycles. The molecule has 0 saturated heterocycles. The smallest absolute Gasteiger partial charge is 0.293 e. The summed E-state index contributed by atoms with van der Waals surface area (Å²) in [5, 5.41) is 11.2. The molecule has 0 spiro atoms. The Labute approximate surface area is 171 Å². The van der Waals surface area contributed by atoms with Crippen molar-refractivity contribution in [2.75, 3.05) is 25.3 Å². The highest BCUT2D eigenvalue weighted by Crippen LogP contribution is 2.28. The van der Waals surface area contributed by atoms with E-state index in [0.717, 1.165) is 33.6 Å². The van der Waals surface area contributed by atoms with Gasteiger partial charge in [-0.05, 0) is 36.8 Å². The highest BCUT2D eigenvalue weighted by molar-refractivity contribution is 8.01. The fourth-order valence-corrected chi connectivity index (χ4v) is 4.14. The number of methoxy groups -OCH3 is 2. The number of nitrogens with one attached hydrogen (secondary N) is 1. The minimum atomic E-state index is -0.355. The molecule has 2 heterocycles. The molecule has 0 aliphatic carbocycles. The first-order valence-corrected chi connectivity index (χ1v) is 10.5. The van der Waals surface area contributed by atoms with Crippen LogP contribution in [0.4, 0.5) is 5.13 Å². The molecule has 0 fully saturated rings. The van der Waals surface area contributed by atoms with Crippen molar-refractivity contribution in [3.05, 3.63) is 47.4 Å². The molecule has 0 unspecified atom stereocenters. The Kier molecular flexibility index (Phi) is 6.94. The molecule has 3 rings (SSSR count). The van der Waals surface area contributed by atoms with Crippen molar-refractivity contribution >= 4 is 34.1 Å². The molecule has 0 radical (unpaired) electrons. The lowest BCUT2D eigenvalue weighted by atomic mass is 10.1. The SMILES string of the molecule is CCCSc1nnc(NC(=O)c2ccc(Cc3cc(OC)ccc3OC)o2)s1. The maximum absolute atomic E-state index is 12.4. The lowest BCUT2D eigenvalue weighted by Gasteiger charge is -2.09. The number of thioether (sulfide) groups is 1. The van der Waals surface area contributed by atoms with E-state index in [9.17, 15) is 4.79 Å². The number of nitrogens with zero attached hydrogens (tertiary/aromatic N) is 2. The van der Waals surface area contributed by atoms with Gasteiger partial charge in [-0.2, -0.15) is 0 Å². The average molecular weight is 420 g/mol. The fraction of sp³-hybridized carbons (Fsp3) is 0.316.